The molecule has 0 atom stereocenters. The van der Waals surface area contributed by atoms with Gasteiger partial charge in [-0.15, -0.1) is 11.3 Å². The standard InChI is InChI=1S/C14H10N2OS/c17-14-12(9-11-7-4-8-18-11)15-13(16-14)10-5-2-1-3-6-10/h1-9H,(H,15,16,17)/b12-9+. The molecule has 0 saturated heterocycles. The van der Waals surface area contributed by atoms with Gasteiger partial charge in [-0.1, -0.05) is 36.4 Å². The summed E-state index contributed by atoms with van der Waals surface area (Å²) >= 11 is 1.58. The van der Waals surface area contributed by atoms with Gasteiger partial charge < -0.3 is 5.32 Å². The van der Waals surface area contributed by atoms with Gasteiger partial charge in [0, 0.05) is 10.4 Å². The van der Waals surface area contributed by atoms with Crippen LogP contribution in [0.2, 0.25) is 0 Å². The number of amides is 1. The summed E-state index contributed by atoms with van der Waals surface area (Å²) in [6.07, 6.45) is 1.80. The van der Waals surface area contributed by atoms with Crippen LogP contribution >= 0.6 is 11.3 Å². The van der Waals surface area contributed by atoms with E-state index in [0.29, 0.717) is 11.5 Å². The second kappa shape index (κ2) is 4.58. The first kappa shape index (κ1) is 10.9. The van der Waals surface area contributed by atoms with E-state index in [9.17, 15) is 4.79 Å². The lowest BCUT2D eigenvalue weighted by atomic mass is 10.2. The lowest BCUT2D eigenvalue weighted by Crippen LogP contribution is -2.24. The van der Waals surface area contributed by atoms with Crippen molar-refractivity contribution in [3.63, 3.8) is 0 Å². The van der Waals surface area contributed by atoms with E-state index >= 15 is 0 Å². The molecular formula is C14H10N2OS. The second-order valence-corrected chi connectivity index (χ2v) is 4.80. The van der Waals surface area contributed by atoms with Gasteiger partial charge in [-0.05, 0) is 17.5 Å². The molecule has 3 rings (SSSR count). The predicted octanol–water partition coefficient (Wildman–Crippen LogP) is 2.67. The van der Waals surface area contributed by atoms with Crippen LogP contribution in [-0.2, 0) is 4.79 Å². The third kappa shape index (κ3) is 2.10. The Labute approximate surface area is 108 Å². The summed E-state index contributed by atoms with van der Waals surface area (Å²) in [5.74, 6) is 0.464. The Kier molecular flexibility index (Phi) is 2.78. The minimum Gasteiger partial charge on any atom is -0.305 e. The smallest absolute Gasteiger partial charge is 0.275 e. The number of nitrogens with one attached hydrogen (secondary N) is 1. The molecule has 0 radical (unpaired) electrons. The zero-order valence-electron chi connectivity index (χ0n) is 9.46. The fourth-order valence-corrected chi connectivity index (χ4v) is 2.36. The highest BCUT2D eigenvalue weighted by Gasteiger charge is 2.20. The Bertz CT molecular complexity index is 627. The summed E-state index contributed by atoms with van der Waals surface area (Å²) in [7, 11) is 0. The van der Waals surface area contributed by atoms with Crippen LogP contribution in [0.1, 0.15) is 10.4 Å². The number of amidine groups is 1. The van der Waals surface area contributed by atoms with E-state index in [-0.39, 0.29) is 5.91 Å². The zero-order chi connectivity index (χ0) is 12.4. The number of carbonyl (C=O) groups is 1. The van der Waals surface area contributed by atoms with Crippen molar-refractivity contribution in [3.05, 3.63) is 64.0 Å². The number of hydrogen-bond donors (Lipinski definition) is 1. The Morgan fingerprint density at radius 1 is 1.11 bits per heavy atom. The first-order valence-electron chi connectivity index (χ1n) is 5.53. The van der Waals surface area contributed by atoms with Crippen molar-refractivity contribution >= 4 is 29.2 Å². The summed E-state index contributed by atoms with van der Waals surface area (Å²) < 4.78 is 0. The third-order valence-electron chi connectivity index (χ3n) is 2.57. The molecule has 0 spiro atoms. The number of carbonyl (C=O) groups excluding carboxylic acids is 1. The highest BCUT2D eigenvalue weighted by Crippen LogP contribution is 2.17. The molecule has 18 heavy (non-hydrogen) atoms. The Hall–Kier alpha value is -2.20. The number of aliphatic imine (C=N–C) groups is 1. The van der Waals surface area contributed by atoms with Crippen LogP contribution in [-0.4, -0.2) is 11.7 Å². The maximum absolute atomic E-state index is 11.8. The summed E-state index contributed by atoms with van der Waals surface area (Å²) in [5.41, 5.74) is 1.37. The molecule has 1 aromatic carbocycles. The lowest BCUT2D eigenvalue weighted by Gasteiger charge is -1.98. The molecule has 1 aromatic heterocycles. The predicted molar refractivity (Wildman–Crippen MR) is 73.4 cm³/mol. The van der Waals surface area contributed by atoms with E-state index in [1.54, 1.807) is 17.4 Å². The number of rotatable bonds is 2. The van der Waals surface area contributed by atoms with E-state index in [1.165, 1.54) is 0 Å². The van der Waals surface area contributed by atoms with Gasteiger partial charge in [0.25, 0.3) is 5.91 Å². The SMILES string of the molecule is O=C1NC(c2ccccc2)=N/C1=C/c1cccs1. The van der Waals surface area contributed by atoms with Crippen molar-refractivity contribution in [1.82, 2.24) is 5.32 Å². The molecular weight excluding hydrogens is 244 g/mol. The average molecular weight is 254 g/mol. The summed E-state index contributed by atoms with van der Waals surface area (Å²) in [6, 6.07) is 13.5. The molecule has 1 aliphatic heterocycles. The molecule has 0 bridgehead atoms. The van der Waals surface area contributed by atoms with E-state index in [1.807, 2.05) is 47.8 Å². The van der Waals surface area contributed by atoms with Gasteiger partial charge in [-0.3, -0.25) is 4.79 Å². The first-order valence-corrected chi connectivity index (χ1v) is 6.41. The van der Waals surface area contributed by atoms with E-state index in [0.717, 1.165) is 10.4 Å². The highest BCUT2D eigenvalue weighted by molar-refractivity contribution is 7.10. The quantitative estimate of drug-likeness (QED) is 0.822. The molecule has 1 N–H and O–H groups in total. The van der Waals surface area contributed by atoms with E-state index < -0.39 is 0 Å². The molecule has 4 heteroatoms. The van der Waals surface area contributed by atoms with Crippen molar-refractivity contribution in [1.29, 1.82) is 0 Å². The van der Waals surface area contributed by atoms with Crippen molar-refractivity contribution in [2.45, 2.75) is 0 Å². The number of benzene rings is 1. The van der Waals surface area contributed by atoms with Crippen molar-refractivity contribution in [2.75, 3.05) is 0 Å². The minimum absolute atomic E-state index is 0.151. The Morgan fingerprint density at radius 2 is 1.94 bits per heavy atom. The van der Waals surface area contributed by atoms with Gasteiger partial charge in [0.05, 0.1) is 0 Å². The number of nitrogens with zero attached hydrogens (tertiary/aromatic N) is 1. The largest absolute Gasteiger partial charge is 0.305 e. The van der Waals surface area contributed by atoms with Crippen molar-refractivity contribution in [2.24, 2.45) is 4.99 Å². The zero-order valence-corrected chi connectivity index (χ0v) is 10.3. The maximum atomic E-state index is 11.8. The van der Waals surface area contributed by atoms with Crippen LogP contribution in [0.4, 0.5) is 0 Å². The normalized spacial score (nSPS) is 16.8. The van der Waals surface area contributed by atoms with Crippen LogP contribution in [0, 0.1) is 0 Å². The average Bonchev–Trinajstić information content (AvgIpc) is 3.02. The third-order valence-corrected chi connectivity index (χ3v) is 3.39. The topological polar surface area (TPSA) is 41.5 Å². The van der Waals surface area contributed by atoms with Gasteiger partial charge in [0.2, 0.25) is 0 Å². The monoisotopic (exact) mass is 254 g/mol. The van der Waals surface area contributed by atoms with Crippen molar-refractivity contribution < 1.29 is 4.79 Å². The molecule has 0 aliphatic carbocycles. The fourth-order valence-electron chi connectivity index (χ4n) is 1.71. The lowest BCUT2D eigenvalue weighted by molar-refractivity contribution is -0.115. The van der Waals surface area contributed by atoms with Gasteiger partial charge in [-0.25, -0.2) is 4.99 Å². The molecule has 0 saturated carbocycles. The summed E-state index contributed by atoms with van der Waals surface area (Å²) in [6.45, 7) is 0. The molecule has 0 unspecified atom stereocenters. The Balaban J connectivity index is 1.95. The van der Waals surface area contributed by atoms with Crippen LogP contribution in [0.25, 0.3) is 6.08 Å². The molecule has 2 heterocycles. The summed E-state index contributed by atoms with van der Waals surface area (Å²) in [5, 5.41) is 4.75. The Morgan fingerprint density at radius 3 is 2.67 bits per heavy atom. The highest BCUT2D eigenvalue weighted by atomic mass is 32.1. The van der Waals surface area contributed by atoms with E-state index in [4.69, 9.17) is 0 Å². The molecule has 0 fully saturated rings. The van der Waals surface area contributed by atoms with Crippen LogP contribution in [0.15, 0.2) is 58.5 Å². The van der Waals surface area contributed by atoms with Gasteiger partial charge in [0.1, 0.15) is 11.5 Å². The van der Waals surface area contributed by atoms with Gasteiger partial charge >= 0.3 is 0 Å². The van der Waals surface area contributed by atoms with Crippen LogP contribution in [0.5, 0.6) is 0 Å². The van der Waals surface area contributed by atoms with Crippen LogP contribution in [0.3, 0.4) is 0 Å². The fraction of sp³-hybridized carbons (Fsp3) is 0. The molecule has 1 aliphatic rings. The first-order chi connectivity index (χ1) is 8.83. The maximum Gasteiger partial charge on any atom is 0.275 e. The molecule has 3 nitrogen and oxygen atoms in total. The van der Waals surface area contributed by atoms with Gasteiger partial charge in [0.15, 0.2) is 0 Å². The molecule has 2 aromatic rings. The van der Waals surface area contributed by atoms with Gasteiger partial charge in [-0.2, -0.15) is 0 Å². The number of hydrogen-bond acceptors (Lipinski definition) is 3. The summed E-state index contributed by atoms with van der Waals surface area (Å²) in [4.78, 5) is 17.2. The second-order valence-electron chi connectivity index (χ2n) is 3.83. The molecule has 1 amide bonds. The van der Waals surface area contributed by atoms with Crippen LogP contribution < -0.4 is 5.32 Å². The molecule has 88 valence electrons. The van der Waals surface area contributed by atoms with Crippen molar-refractivity contribution in [3.8, 4) is 0 Å². The number of thiophene rings is 1. The minimum atomic E-state index is -0.151. The van der Waals surface area contributed by atoms with E-state index in [2.05, 4.69) is 10.3 Å².